The second kappa shape index (κ2) is 8.21. The van der Waals surface area contributed by atoms with E-state index in [0.717, 1.165) is 19.5 Å². The van der Waals surface area contributed by atoms with Gasteiger partial charge in [-0.2, -0.15) is 0 Å². The lowest BCUT2D eigenvalue weighted by molar-refractivity contribution is 0.500. The van der Waals surface area contributed by atoms with Crippen molar-refractivity contribution in [2.45, 2.75) is 20.3 Å². The summed E-state index contributed by atoms with van der Waals surface area (Å²) in [5, 5.41) is 0. The van der Waals surface area contributed by atoms with Crippen LogP contribution in [0.3, 0.4) is 0 Å². The first-order valence-electron chi connectivity index (χ1n) is 4.97. The average Bonchev–Trinajstić information content (AvgIpc) is 2.23. The lowest BCUT2D eigenvalue weighted by Crippen LogP contribution is -2.09. The predicted molar refractivity (Wildman–Crippen MR) is 62.4 cm³/mol. The third-order valence-corrected chi connectivity index (χ3v) is 1.80. The van der Waals surface area contributed by atoms with Gasteiger partial charge in [0.15, 0.2) is 0 Å². The molecule has 0 spiro atoms. The van der Waals surface area contributed by atoms with E-state index in [4.69, 9.17) is 0 Å². The van der Waals surface area contributed by atoms with Crippen LogP contribution in [0, 0.1) is 0 Å². The van der Waals surface area contributed by atoms with Crippen molar-refractivity contribution in [2.24, 2.45) is 0 Å². The molecule has 2 heteroatoms. The fourth-order valence-electron chi connectivity index (χ4n) is 0.965. The van der Waals surface area contributed by atoms with Crippen molar-refractivity contribution in [3.05, 3.63) is 43.7 Å². The Balaban J connectivity index is 4.22. The van der Waals surface area contributed by atoms with Crippen molar-refractivity contribution in [3.63, 3.8) is 0 Å². The quantitative estimate of drug-likeness (QED) is 0.572. The SMILES string of the molecule is C=CN(C=C=CN(C=C)CCC)CC. The molecule has 0 unspecified atom stereocenters. The number of hydrogen-bond donors (Lipinski definition) is 0. The van der Waals surface area contributed by atoms with Crippen LogP contribution in [0.4, 0.5) is 0 Å². The third-order valence-electron chi connectivity index (χ3n) is 1.80. The zero-order valence-electron chi connectivity index (χ0n) is 9.24. The maximum atomic E-state index is 3.72. The minimum atomic E-state index is 0.909. The first-order chi connectivity index (χ1) is 6.78. The molecule has 0 saturated carbocycles. The molecule has 0 aromatic carbocycles. The van der Waals surface area contributed by atoms with Crippen LogP contribution in [0.25, 0.3) is 0 Å². The molecule has 78 valence electrons. The summed E-state index contributed by atoms with van der Waals surface area (Å²) >= 11 is 0. The van der Waals surface area contributed by atoms with Crippen molar-refractivity contribution in [1.29, 1.82) is 0 Å². The smallest absolute Gasteiger partial charge is 0.0479 e. The van der Waals surface area contributed by atoms with E-state index in [2.05, 4.69) is 32.7 Å². The van der Waals surface area contributed by atoms with Gasteiger partial charge in [0.25, 0.3) is 0 Å². The molecule has 14 heavy (non-hydrogen) atoms. The van der Waals surface area contributed by atoms with Gasteiger partial charge in [0.1, 0.15) is 0 Å². The number of nitrogens with zero attached hydrogens (tertiary/aromatic N) is 2. The molecule has 0 N–H and O–H groups in total. The van der Waals surface area contributed by atoms with Crippen LogP contribution in [0.2, 0.25) is 0 Å². The van der Waals surface area contributed by atoms with Crippen LogP contribution in [-0.2, 0) is 0 Å². The van der Waals surface area contributed by atoms with Gasteiger partial charge in [-0.1, -0.05) is 25.8 Å². The summed E-state index contributed by atoms with van der Waals surface area (Å²) in [5.74, 6) is 0. The van der Waals surface area contributed by atoms with Gasteiger partial charge in [-0.05, 0) is 25.7 Å². The minimum absolute atomic E-state index is 0.909. The number of hydrogen-bond acceptors (Lipinski definition) is 2. The molecule has 0 heterocycles. The van der Waals surface area contributed by atoms with E-state index in [1.165, 1.54) is 0 Å². The Kier molecular flexibility index (Phi) is 7.39. The average molecular weight is 192 g/mol. The lowest BCUT2D eigenvalue weighted by atomic mass is 10.4. The van der Waals surface area contributed by atoms with Crippen LogP contribution < -0.4 is 0 Å². The van der Waals surface area contributed by atoms with Crippen molar-refractivity contribution in [1.82, 2.24) is 9.80 Å². The van der Waals surface area contributed by atoms with Crippen molar-refractivity contribution in [2.75, 3.05) is 13.1 Å². The predicted octanol–water partition coefficient (Wildman–Crippen LogP) is 2.93. The molecule has 0 aliphatic heterocycles. The Bertz CT molecular complexity index is 224. The molecule has 2 nitrogen and oxygen atoms in total. The molecule has 0 aliphatic rings. The summed E-state index contributed by atoms with van der Waals surface area (Å²) in [6.45, 7) is 13.5. The van der Waals surface area contributed by atoms with E-state index in [1.807, 2.05) is 22.2 Å². The molecule has 0 radical (unpaired) electrons. The van der Waals surface area contributed by atoms with Gasteiger partial charge < -0.3 is 9.80 Å². The monoisotopic (exact) mass is 192 g/mol. The second-order valence-electron chi connectivity index (χ2n) is 2.86. The molecule has 0 atom stereocenters. The summed E-state index contributed by atoms with van der Waals surface area (Å²) in [5.41, 5.74) is 3.08. The van der Waals surface area contributed by atoms with Crippen LogP contribution in [-0.4, -0.2) is 22.9 Å². The molecular weight excluding hydrogens is 172 g/mol. The Morgan fingerprint density at radius 3 is 2.07 bits per heavy atom. The normalized spacial score (nSPS) is 8.43. The first-order valence-corrected chi connectivity index (χ1v) is 4.97. The van der Waals surface area contributed by atoms with Gasteiger partial charge in [-0.25, -0.2) is 0 Å². The highest BCUT2D eigenvalue weighted by Crippen LogP contribution is 1.93. The van der Waals surface area contributed by atoms with Crippen LogP contribution >= 0.6 is 0 Å². The standard InChI is InChI=1S/C12H20N2/c1-5-10-14(8-4)12-9-11-13(6-2)7-3/h6,8,11-12H,2,4-5,7,10H2,1,3H3. The van der Waals surface area contributed by atoms with Gasteiger partial charge in [-0.3, -0.25) is 0 Å². The van der Waals surface area contributed by atoms with Gasteiger partial charge >= 0.3 is 0 Å². The Morgan fingerprint density at radius 1 is 1.07 bits per heavy atom. The fourth-order valence-corrected chi connectivity index (χ4v) is 0.965. The van der Waals surface area contributed by atoms with Crippen LogP contribution in [0.15, 0.2) is 43.7 Å². The van der Waals surface area contributed by atoms with Crippen LogP contribution in [0.5, 0.6) is 0 Å². The second-order valence-corrected chi connectivity index (χ2v) is 2.86. The molecule has 0 aromatic rings. The van der Waals surface area contributed by atoms with E-state index < -0.39 is 0 Å². The summed E-state index contributed by atoms with van der Waals surface area (Å²) in [6, 6.07) is 0. The minimum Gasteiger partial charge on any atom is -0.348 e. The zero-order valence-corrected chi connectivity index (χ0v) is 9.24. The molecule has 0 amide bonds. The van der Waals surface area contributed by atoms with Gasteiger partial charge in [-0.15, -0.1) is 0 Å². The topological polar surface area (TPSA) is 6.48 Å². The van der Waals surface area contributed by atoms with Crippen molar-refractivity contribution >= 4 is 0 Å². The summed E-state index contributed by atoms with van der Waals surface area (Å²) < 4.78 is 0. The van der Waals surface area contributed by atoms with E-state index in [9.17, 15) is 0 Å². The maximum absolute atomic E-state index is 3.72. The molecule has 0 fully saturated rings. The van der Waals surface area contributed by atoms with E-state index in [0.29, 0.717) is 0 Å². The Hall–Kier alpha value is -1.40. The van der Waals surface area contributed by atoms with E-state index in [-0.39, 0.29) is 0 Å². The first kappa shape index (κ1) is 12.6. The third kappa shape index (κ3) is 5.28. The summed E-state index contributed by atoms with van der Waals surface area (Å²) in [7, 11) is 0. The summed E-state index contributed by atoms with van der Waals surface area (Å²) in [6.07, 6.45) is 8.44. The highest BCUT2D eigenvalue weighted by molar-refractivity contribution is 4.91. The highest BCUT2D eigenvalue weighted by atomic mass is 15.1. The van der Waals surface area contributed by atoms with E-state index in [1.54, 1.807) is 12.4 Å². The molecule has 0 rings (SSSR count). The lowest BCUT2D eigenvalue weighted by Gasteiger charge is -2.12. The van der Waals surface area contributed by atoms with Crippen LogP contribution in [0.1, 0.15) is 20.3 Å². The largest absolute Gasteiger partial charge is 0.348 e. The van der Waals surface area contributed by atoms with Gasteiger partial charge in [0.05, 0.1) is 0 Å². The highest BCUT2D eigenvalue weighted by Gasteiger charge is 1.88. The van der Waals surface area contributed by atoms with Crippen molar-refractivity contribution in [3.8, 4) is 0 Å². The molecule has 0 aromatic heterocycles. The Morgan fingerprint density at radius 2 is 1.64 bits per heavy atom. The fraction of sp³-hybridized carbons (Fsp3) is 0.417. The Labute approximate surface area is 87.5 Å². The molecule has 0 bridgehead atoms. The maximum Gasteiger partial charge on any atom is 0.0479 e. The molecular formula is C12H20N2. The number of rotatable bonds is 7. The molecule has 0 saturated heterocycles. The summed E-state index contributed by atoms with van der Waals surface area (Å²) in [4.78, 5) is 3.97. The van der Waals surface area contributed by atoms with Gasteiger partial charge in [0.2, 0.25) is 0 Å². The molecule has 0 aliphatic carbocycles. The zero-order chi connectivity index (χ0) is 10.8. The van der Waals surface area contributed by atoms with Gasteiger partial charge in [0, 0.05) is 25.5 Å². The van der Waals surface area contributed by atoms with Crippen molar-refractivity contribution < 1.29 is 0 Å². The van der Waals surface area contributed by atoms with E-state index >= 15 is 0 Å².